The minimum atomic E-state index is 0.282. The maximum absolute atomic E-state index is 4.09. The molecule has 16 heavy (non-hydrogen) atoms. The van der Waals surface area contributed by atoms with Crippen LogP contribution in [0, 0.1) is 6.92 Å². The van der Waals surface area contributed by atoms with Crippen molar-refractivity contribution >= 4 is 11.5 Å². The molecule has 1 atom stereocenters. The van der Waals surface area contributed by atoms with Crippen molar-refractivity contribution in [1.29, 1.82) is 0 Å². The lowest BCUT2D eigenvalue weighted by Gasteiger charge is -2.25. The first kappa shape index (κ1) is 9.93. The molecule has 1 aromatic heterocycles. The second kappa shape index (κ2) is 3.96. The van der Waals surface area contributed by atoms with E-state index in [1.807, 2.05) is 6.92 Å². The highest BCUT2D eigenvalue weighted by Crippen LogP contribution is 2.31. The summed E-state index contributed by atoms with van der Waals surface area (Å²) in [6.45, 7) is 3.05. The number of nitrogens with zero attached hydrogens (tertiary/aromatic N) is 2. The van der Waals surface area contributed by atoms with Gasteiger partial charge >= 0.3 is 0 Å². The van der Waals surface area contributed by atoms with E-state index in [9.17, 15) is 0 Å². The van der Waals surface area contributed by atoms with E-state index in [0.717, 1.165) is 18.7 Å². The molecule has 82 valence electrons. The second-order valence-corrected chi connectivity index (χ2v) is 4.84. The van der Waals surface area contributed by atoms with Gasteiger partial charge in [-0.1, -0.05) is 28.8 Å². The molecule has 0 fully saturated rings. The lowest BCUT2D eigenvalue weighted by atomic mass is 9.93. The number of rotatable bonds is 1. The average molecular weight is 231 g/mol. The Kier molecular flexibility index (Phi) is 2.46. The summed E-state index contributed by atoms with van der Waals surface area (Å²) in [7, 11) is 0. The number of aromatic nitrogens is 2. The van der Waals surface area contributed by atoms with Crippen LogP contribution in [0.15, 0.2) is 24.3 Å². The third-order valence-corrected chi connectivity index (χ3v) is 3.95. The summed E-state index contributed by atoms with van der Waals surface area (Å²) in [6.07, 6.45) is 1.11. The Morgan fingerprint density at radius 1 is 1.38 bits per heavy atom. The maximum Gasteiger partial charge on any atom is 0.0776 e. The van der Waals surface area contributed by atoms with Crippen LogP contribution < -0.4 is 5.32 Å². The molecule has 2 aromatic rings. The molecule has 0 spiro atoms. The van der Waals surface area contributed by atoms with Gasteiger partial charge in [-0.25, -0.2) is 0 Å². The van der Waals surface area contributed by atoms with Crippen molar-refractivity contribution in [2.75, 3.05) is 6.54 Å². The predicted molar refractivity (Wildman–Crippen MR) is 64.6 cm³/mol. The highest BCUT2D eigenvalue weighted by atomic mass is 32.1. The molecule has 0 radical (unpaired) electrons. The van der Waals surface area contributed by atoms with Gasteiger partial charge < -0.3 is 5.32 Å². The Bertz CT molecular complexity index is 506. The van der Waals surface area contributed by atoms with Gasteiger partial charge in [-0.05, 0) is 36.0 Å². The predicted octanol–water partition coefficient (Wildman–Crippen LogP) is 2.08. The largest absolute Gasteiger partial charge is 0.305 e. The molecule has 0 amide bonds. The van der Waals surface area contributed by atoms with Crippen molar-refractivity contribution in [3.05, 3.63) is 46.0 Å². The van der Waals surface area contributed by atoms with Crippen LogP contribution in [0.2, 0.25) is 0 Å². The van der Waals surface area contributed by atoms with Crippen LogP contribution in [0.25, 0.3) is 0 Å². The number of nitrogens with one attached hydrogen (secondary N) is 1. The molecule has 3 rings (SSSR count). The van der Waals surface area contributed by atoms with Crippen molar-refractivity contribution < 1.29 is 0 Å². The molecule has 1 aliphatic heterocycles. The van der Waals surface area contributed by atoms with Gasteiger partial charge in [-0.3, -0.25) is 0 Å². The first-order valence-corrected chi connectivity index (χ1v) is 6.23. The highest BCUT2D eigenvalue weighted by molar-refractivity contribution is 7.05. The maximum atomic E-state index is 4.09. The molecule has 0 unspecified atom stereocenters. The number of fused-ring (bicyclic) bond motifs is 1. The van der Waals surface area contributed by atoms with E-state index in [1.165, 1.54) is 27.5 Å². The Balaban J connectivity index is 2.08. The zero-order valence-corrected chi connectivity index (χ0v) is 9.92. The molecule has 3 nitrogen and oxygen atoms in total. The summed E-state index contributed by atoms with van der Waals surface area (Å²) in [5, 5.41) is 7.64. The van der Waals surface area contributed by atoms with E-state index < -0.39 is 0 Å². The zero-order chi connectivity index (χ0) is 11.0. The number of hydrogen-bond acceptors (Lipinski definition) is 4. The van der Waals surface area contributed by atoms with Crippen molar-refractivity contribution in [3.8, 4) is 0 Å². The SMILES string of the molecule is Cc1nnsc1[C@H]1NCCc2ccccc21. The summed E-state index contributed by atoms with van der Waals surface area (Å²) in [5.74, 6) is 0. The van der Waals surface area contributed by atoms with E-state index in [2.05, 4.69) is 39.2 Å². The summed E-state index contributed by atoms with van der Waals surface area (Å²) >= 11 is 1.50. The van der Waals surface area contributed by atoms with Crippen molar-refractivity contribution in [1.82, 2.24) is 14.9 Å². The van der Waals surface area contributed by atoms with Gasteiger partial charge in [0.05, 0.1) is 16.6 Å². The van der Waals surface area contributed by atoms with E-state index in [1.54, 1.807) is 0 Å². The van der Waals surface area contributed by atoms with Gasteiger partial charge in [-0.15, -0.1) is 5.10 Å². The van der Waals surface area contributed by atoms with Crippen molar-refractivity contribution in [3.63, 3.8) is 0 Å². The first-order chi connectivity index (χ1) is 7.86. The fraction of sp³-hybridized carbons (Fsp3) is 0.333. The van der Waals surface area contributed by atoms with E-state index in [-0.39, 0.29) is 6.04 Å². The van der Waals surface area contributed by atoms with E-state index >= 15 is 0 Å². The van der Waals surface area contributed by atoms with Crippen LogP contribution in [-0.2, 0) is 6.42 Å². The van der Waals surface area contributed by atoms with Gasteiger partial charge in [-0.2, -0.15) is 0 Å². The van der Waals surface area contributed by atoms with Crippen molar-refractivity contribution in [2.45, 2.75) is 19.4 Å². The van der Waals surface area contributed by atoms with Crippen LogP contribution in [0.4, 0.5) is 0 Å². The highest BCUT2D eigenvalue weighted by Gasteiger charge is 2.24. The summed E-state index contributed by atoms with van der Waals surface area (Å²) < 4.78 is 4.02. The zero-order valence-electron chi connectivity index (χ0n) is 9.10. The molecule has 0 saturated heterocycles. The summed E-state index contributed by atoms with van der Waals surface area (Å²) in [4.78, 5) is 1.24. The molecular weight excluding hydrogens is 218 g/mol. The monoisotopic (exact) mass is 231 g/mol. The van der Waals surface area contributed by atoms with Gasteiger partial charge in [0.15, 0.2) is 0 Å². The third-order valence-electron chi connectivity index (χ3n) is 3.06. The lowest BCUT2D eigenvalue weighted by molar-refractivity contribution is 0.572. The van der Waals surface area contributed by atoms with Crippen LogP contribution in [0.5, 0.6) is 0 Å². The molecule has 1 aromatic carbocycles. The first-order valence-electron chi connectivity index (χ1n) is 5.46. The lowest BCUT2D eigenvalue weighted by Crippen LogP contribution is -2.30. The number of benzene rings is 1. The van der Waals surface area contributed by atoms with Crippen LogP contribution in [0.3, 0.4) is 0 Å². The molecule has 1 N–H and O–H groups in total. The van der Waals surface area contributed by atoms with Gasteiger partial charge in [0.2, 0.25) is 0 Å². The van der Waals surface area contributed by atoms with E-state index in [4.69, 9.17) is 0 Å². The van der Waals surface area contributed by atoms with Gasteiger partial charge in [0.25, 0.3) is 0 Å². The van der Waals surface area contributed by atoms with Gasteiger partial charge in [0, 0.05) is 6.54 Å². The molecule has 0 aliphatic carbocycles. The molecule has 0 bridgehead atoms. The van der Waals surface area contributed by atoms with Crippen LogP contribution in [-0.4, -0.2) is 16.1 Å². The third kappa shape index (κ3) is 1.54. The topological polar surface area (TPSA) is 37.8 Å². The Morgan fingerprint density at radius 3 is 3.06 bits per heavy atom. The average Bonchev–Trinajstić information content (AvgIpc) is 2.75. The summed E-state index contributed by atoms with van der Waals surface area (Å²) in [5.41, 5.74) is 3.86. The fourth-order valence-corrected chi connectivity index (χ4v) is 2.98. The fourth-order valence-electron chi connectivity index (χ4n) is 2.24. The molecular formula is C12H13N3S. The van der Waals surface area contributed by atoms with Crippen molar-refractivity contribution in [2.24, 2.45) is 0 Å². The minimum Gasteiger partial charge on any atom is -0.305 e. The Hall–Kier alpha value is -1.26. The standard InChI is InChI=1S/C12H13N3S/c1-8-12(16-15-14-8)11-10-5-3-2-4-9(10)6-7-13-11/h2-5,11,13H,6-7H2,1H3/t11-/m0/s1. The molecule has 0 saturated carbocycles. The molecule has 4 heteroatoms. The Morgan fingerprint density at radius 2 is 2.25 bits per heavy atom. The molecule has 2 heterocycles. The van der Waals surface area contributed by atoms with E-state index in [0.29, 0.717) is 0 Å². The van der Waals surface area contributed by atoms with Crippen LogP contribution in [0.1, 0.15) is 27.7 Å². The quantitative estimate of drug-likeness (QED) is 0.816. The normalized spacial score (nSPS) is 19.4. The smallest absolute Gasteiger partial charge is 0.0776 e. The van der Waals surface area contributed by atoms with Crippen LogP contribution >= 0.6 is 11.5 Å². The Labute approximate surface area is 98.7 Å². The molecule has 1 aliphatic rings. The minimum absolute atomic E-state index is 0.282. The summed E-state index contributed by atoms with van der Waals surface area (Å²) in [6, 6.07) is 8.91. The van der Waals surface area contributed by atoms with Gasteiger partial charge in [0.1, 0.15) is 0 Å². The number of aryl methyl sites for hydroxylation is 1. The second-order valence-electron chi connectivity index (χ2n) is 4.06. The number of hydrogen-bond donors (Lipinski definition) is 1.